The maximum atomic E-state index is 12.0. The zero-order valence-corrected chi connectivity index (χ0v) is 13.4. The predicted octanol–water partition coefficient (Wildman–Crippen LogP) is 1.21. The molecule has 7 heteroatoms. The Morgan fingerprint density at radius 2 is 2.10 bits per heavy atom. The number of hydrogen-bond acceptors (Lipinski definition) is 4. The molecule has 0 aliphatic rings. The van der Waals surface area contributed by atoms with Crippen LogP contribution in [0.1, 0.15) is 33.6 Å². The van der Waals surface area contributed by atoms with Crippen LogP contribution in [0.4, 0.5) is 0 Å². The van der Waals surface area contributed by atoms with Crippen LogP contribution in [0.25, 0.3) is 0 Å². The lowest BCUT2D eigenvalue weighted by Gasteiger charge is -2.06. The Bertz CT molecular complexity index is 482. The minimum Gasteiger partial charge on any atom is -0.315 e. The number of likely N-dealkylation sites (N-methyl/N-ethyl adjacent to an activating group) is 1. The molecule has 0 fully saturated rings. The van der Waals surface area contributed by atoms with Crippen molar-refractivity contribution in [2.24, 2.45) is 5.92 Å². The van der Waals surface area contributed by atoms with Gasteiger partial charge in [0.1, 0.15) is 4.90 Å². The largest absolute Gasteiger partial charge is 0.315 e. The number of nitrogens with one attached hydrogen (secondary N) is 2. The summed E-state index contributed by atoms with van der Waals surface area (Å²) in [6.45, 7) is 9.09. The molecule has 0 spiro atoms. The first-order valence-electron chi connectivity index (χ1n) is 7.18. The van der Waals surface area contributed by atoms with E-state index in [0.29, 0.717) is 19.0 Å². The molecule has 0 radical (unpaired) electrons. The van der Waals surface area contributed by atoms with Gasteiger partial charge in [-0.1, -0.05) is 20.8 Å². The maximum absolute atomic E-state index is 12.0. The Morgan fingerprint density at radius 3 is 2.75 bits per heavy atom. The van der Waals surface area contributed by atoms with Crippen LogP contribution in [0, 0.1) is 5.92 Å². The van der Waals surface area contributed by atoms with Gasteiger partial charge < -0.3 is 5.32 Å². The molecule has 0 aliphatic carbocycles. The van der Waals surface area contributed by atoms with Crippen LogP contribution < -0.4 is 10.0 Å². The summed E-state index contributed by atoms with van der Waals surface area (Å²) in [7, 11) is -3.42. The summed E-state index contributed by atoms with van der Waals surface area (Å²) in [6, 6.07) is 0. The molecule has 1 heterocycles. The fourth-order valence-corrected chi connectivity index (χ4v) is 2.80. The lowest BCUT2D eigenvalue weighted by atomic mass is 10.1. The quantitative estimate of drug-likeness (QED) is 0.637. The highest BCUT2D eigenvalue weighted by Crippen LogP contribution is 2.08. The third-order valence-corrected chi connectivity index (χ3v) is 4.35. The SMILES string of the molecule is CCNCCn1cc(S(=O)(=O)NCCCC(C)C)cn1. The Balaban J connectivity index is 2.46. The van der Waals surface area contributed by atoms with Gasteiger partial charge in [-0.2, -0.15) is 5.10 Å². The highest BCUT2D eigenvalue weighted by atomic mass is 32.2. The van der Waals surface area contributed by atoms with Gasteiger partial charge in [0.05, 0.1) is 12.7 Å². The van der Waals surface area contributed by atoms with Crippen LogP contribution in [0.5, 0.6) is 0 Å². The summed E-state index contributed by atoms with van der Waals surface area (Å²) in [5, 5.41) is 7.24. The van der Waals surface area contributed by atoms with Crippen LogP contribution in [0.3, 0.4) is 0 Å². The summed E-state index contributed by atoms with van der Waals surface area (Å²) in [6.07, 6.45) is 4.84. The zero-order valence-electron chi connectivity index (χ0n) is 12.6. The van der Waals surface area contributed by atoms with Crippen LogP contribution >= 0.6 is 0 Å². The average molecular weight is 302 g/mol. The van der Waals surface area contributed by atoms with E-state index in [2.05, 4.69) is 29.0 Å². The molecular formula is C13H26N4O2S. The van der Waals surface area contributed by atoms with Crippen molar-refractivity contribution in [2.75, 3.05) is 19.6 Å². The van der Waals surface area contributed by atoms with Gasteiger partial charge in [-0.25, -0.2) is 13.1 Å². The van der Waals surface area contributed by atoms with Crippen molar-refractivity contribution in [1.82, 2.24) is 19.8 Å². The van der Waals surface area contributed by atoms with E-state index in [-0.39, 0.29) is 4.90 Å². The molecule has 0 amide bonds. The minimum atomic E-state index is -3.42. The van der Waals surface area contributed by atoms with Crippen molar-refractivity contribution in [2.45, 2.75) is 45.1 Å². The third-order valence-electron chi connectivity index (χ3n) is 2.94. The summed E-state index contributed by atoms with van der Waals surface area (Å²) < 4.78 is 28.3. The number of aromatic nitrogens is 2. The van der Waals surface area contributed by atoms with Crippen molar-refractivity contribution < 1.29 is 8.42 Å². The standard InChI is InChI=1S/C13H26N4O2S/c1-4-14-8-9-17-11-13(10-15-17)20(18,19)16-7-5-6-12(2)3/h10-12,14,16H,4-9H2,1-3H3. The van der Waals surface area contributed by atoms with Gasteiger partial charge >= 0.3 is 0 Å². The molecule has 2 N–H and O–H groups in total. The van der Waals surface area contributed by atoms with E-state index in [1.165, 1.54) is 6.20 Å². The molecule has 116 valence electrons. The van der Waals surface area contributed by atoms with E-state index in [1.807, 2.05) is 6.92 Å². The van der Waals surface area contributed by atoms with Crippen LogP contribution in [-0.2, 0) is 16.6 Å². The first kappa shape index (κ1) is 17.1. The van der Waals surface area contributed by atoms with Crippen molar-refractivity contribution in [1.29, 1.82) is 0 Å². The van der Waals surface area contributed by atoms with E-state index in [9.17, 15) is 8.42 Å². The lowest BCUT2D eigenvalue weighted by molar-refractivity contribution is 0.539. The molecule has 0 bridgehead atoms. The Labute approximate surface area is 122 Å². The molecule has 0 aromatic carbocycles. The Hall–Kier alpha value is -0.920. The molecular weight excluding hydrogens is 276 g/mol. The zero-order chi connectivity index (χ0) is 15.0. The molecule has 20 heavy (non-hydrogen) atoms. The molecule has 0 saturated carbocycles. The number of rotatable bonds is 10. The molecule has 1 aromatic heterocycles. The van der Waals surface area contributed by atoms with Crippen molar-refractivity contribution in [3.63, 3.8) is 0 Å². The minimum absolute atomic E-state index is 0.235. The first-order chi connectivity index (χ1) is 9.45. The molecule has 1 rings (SSSR count). The number of sulfonamides is 1. The topological polar surface area (TPSA) is 76.0 Å². The van der Waals surface area contributed by atoms with E-state index >= 15 is 0 Å². The molecule has 0 aliphatic heterocycles. The van der Waals surface area contributed by atoms with Gasteiger partial charge in [0, 0.05) is 19.3 Å². The molecule has 0 saturated heterocycles. The van der Waals surface area contributed by atoms with Gasteiger partial charge in [-0.3, -0.25) is 4.68 Å². The van der Waals surface area contributed by atoms with Crippen molar-refractivity contribution >= 4 is 10.0 Å². The van der Waals surface area contributed by atoms with Gasteiger partial charge in [-0.15, -0.1) is 0 Å². The normalized spacial score (nSPS) is 12.2. The Morgan fingerprint density at radius 1 is 1.35 bits per heavy atom. The van der Waals surface area contributed by atoms with Crippen LogP contribution in [0.15, 0.2) is 17.3 Å². The van der Waals surface area contributed by atoms with Crippen molar-refractivity contribution in [3.05, 3.63) is 12.4 Å². The van der Waals surface area contributed by atoms with Crippen LogP contribution in [0.2, 0.25) is 0 Å². The summed E-state index contributed by atoms with van der Waals surface area (Å²) >= 11 is 0. The average Bonchev–Trinajstić information content (AvgIpc) is 2.84. The summed E-state index contributed by atoms with van der Waals surface area (Å²) in [5.41, 5.74) is 0. The monoisotopic (exact) mass is 302 g/mol. The molecule has 0 unspecified atom stereocenters. The van der Waals surface area contributed by atoms with E-state index in [4.69, 9.17) is 0 Å². The van der Waals surface area contributed by atoms with Gasteiger partial charge in [-0.05, 0) is 25.3 Å². The Kier molecular flexibility index (Phi) is 7.18. The first-order valence-corrected chi connectivity index (χ1v) is 8.67. The predicted molar refractivity (Wildman–Crippen MR) is 80.0 cm³/mol. The second kappa shape index (κ2) is 8.39. The van der Waals surface area contributed by atoms with Crippen LogP contribution in [-0.4, -0.2) is 37.8 Å². The summed E-state index contributed by atoms with van der Waals surface area (Å²) in [5.74, 6) is 0.591. The van der Waals surface area contributed by atoms with E-state index < -0.39 is 10.0 Å². The molecule has 1 aromatic rings. The summed E-state index contributed by atoms with van der Waals surface area (Å²) in [4.78, 5) is 0.235. The van der Waals surface area contributed by atoms with Gasteiger partial charge in [0.15, 0.2) is 0 Å². The molecule has 6 nitrogen and oxygen atoms in total. The van der Waals surface area contributed by atoms with E-state index in [1.54, 1.807) is 10.9 Å². The highest BCUT2D eigenvalue weighted by molar-refractivity contribution is 7.89. The second-order valence-corrected chi connectivity index (χ2v) is 6.99. The number of nitrogens with zero attached hydrogens (tertiary/aromatic N) is 2. The van der Waals surface area contributed by atoms with Gasteiger partial charge in [0.2, 0.25) is 10.0 Å². The van der Waals surface area contributed by atoms with Crippen molar-refractivity contribution in [3.8, 4) is 0 Å². The lowest BCUT2D eigenvalue weighted by Crippen LogP contribution is -2.24. The van der Waals surface area contributed by atoms with Gasteiger partial charge in [0.25, 0.3) is 0 Å². The smallest absolute Gasteiger partial charge is 0.243 e. The molecule has 0 atom stereocenters. The highest BCUT2D eigenvalue weighted by Gasteiger charge is 2.15. The third kappa shape index (κ3) is 6.02. The fourth-order valence-electron chi connectivity index (χ4n) is 1.78. The fraction of sp³-hybridized carbons (Fsp3) is 0.769. The van der Waals surface area contributed by atoms with E-state index in [0.717, 1.165) is 25.9 Å². The number of hydrogen-bond donors (Lipinski definition) is 2. The maximum Gasteiger partial charge on any atom is 0.243 e. The second-order valence-electron chi connectivity index (χ2n) is 5.23.